The second-order valence-electron chi connectivity index (χ2n) is 8.53. The summed E-state index contributed by atoms with van der Waals surface area (Å²) in [6.45, 7) is 23.6. The monoisotopic (exact) mass is 389 g/mol. The number of ether oxygens (including phenoxy) is 1. The van der Waals surface area contributed by atoms with E-state index in [-0.39, 0.29) is 18.2 Å². The number of hydrogen-bond donors (Lipinski definition) is 0. The predicted molar refractivity (Wildman–Crippen MR) is 119 cm³/mol. The molecule has 0 aromatic carbocycles. The van der Waals surface area contributed by atoms with Crippen LogP contribution in [0.5, 0.6) is 0 Å². The Morgan fingerprint density at radius 2 is 1.71 bits per heavy atom. The maximum atomic E-state index is 12.6. The summed E-state index contributed by atoms with van der Waals surface area (Å²) in [5.74, 6) is 0. The Morgan fingerprint density at radius 1 is 1.18 bits per heavy atom. The van der Waals surface area contributed by atoms with Gasteiger partial charge in [0.05, 0.1) is 0 Å². The van der Waals surface area contributed by atoms with Crippen LogP contribution >= 0.6 is 0 Å². The molecule has 0 spiro atoms. The summed E-state index contributed by atoms with van der Waals surface area (Å²) < 4.78 is 5.60. The molecule has 1 fully saturated rings. The van der Waals surface area contributed by atoms with Crippen molar-refractivity contribution in [3.63, 3.8) is 0 Å². The van der Waals surface area contributed by atoms with Crippen molar-refractivity contribution in [1.29, 1.82) is 0 Å². The zero-order valence-corrected chi connectivity index (χ0v) is 19.3. The van der Waals surface area contributed by atoms with Crippen LogP contribution in [0, 0.1) is 0 Å². The molecule has 1 aliphatic rings. The minimum atomic E-state index is -0.486. The lowest BCUT2D eigenvalue weighted by Crippen LogP contribution is -2.58. The van der Waals surface area contributed by atoms with Crippen molar-refractivity contribution in [1.82, 2.24) is 9.80 Å². The van der Waals surface area contributed by atoms with E-state index in [1.807, 2.05) is 25.7 Å². The Balaban J connectivity index is 3.23. The highest BCUT2D eigenvalue weighted by Crippen LogP contribution is 2.27. The third-order valence-electron chi connectivity index (χ3n) is 5.10. The van der Waals surface area contributed by atoms with Crippen molar-refractivity contribution in [3.05, 3.63) is 35.7 Å². The van der Waals surface area contributed by atoms with E-state index in [9.17, 15) is 4.79 Å². The first kappa shape index (κ1) is 24.0. The number of allylic oxidation sites excluding steroid dienone is 4. The number of aliphatic imine (C=N–C) groups is 1. The van der Waals surface area contributed by atoms with E-state index < -0.39 is 5.60 Å². The number of nitrogens with zero attached hydrogens (tertiary/aromatic N) is 3. The predicted octanol–water partition coefficient (Wildman–Crippen LogP) is 5.55. The SMILES string of the molecule is C=CN=C(CC)C(/C(C)=C\C)=C(\C)N1C[C@@H](C)N(C(=O)OC(C)(C)C)C[C@@H]1C. The molecule has 0 N–H and O–H groups in total. The average molecular weight is 390 g/mol. The van der Waals surface area contributed by atoms with Crippen molar-refractivity contribution in [2.24, 2.45) is 4.99 Å². The molecule has 0 aromatic rings. The van der Waals surface area contributed by atoms with Gasteiger partial charge in [0.25, 0.3) is 0 Å². The molecular formula is C23H39N3O2. The molecule has 1 aliphatic heterocycles. The Bertz CT molecular complexity index is 668. The van der Waals surface area contributed by atoms with Crippen molar-refractivity contribution < 1.29 is 9.53 Å². The third kappa shape index (κ3) is 5.98. The number of rotatable bonds is 5. The smallest absolute Gasteiger partial charge is 0.410 e. The van der Waals surface area contributed by atoms with Crippen LogP contribution in [0.2, 0.25) is 0 Å². The highest BCUT2D eigenvalue weighted by atomic mass is 16.6. The summed E-state index contributed by atoms with van der Waals surface area (Å²) in [4.78, 5) is 21.4. The largest absolute Gasteiger partial charge is 0.444 e. The van der Waals surface area contributed by atoms with Crippen LogP contribution in [0.25, 0.3) is 0 Å². The fourth-order valence-corrected chi connectivity index (χ4v) is 3.62. The van der Waals surface area contributed by atoms with Gasteiger partial charge in [0.1, 0.15) is 5.60 Å². The summed E-state index contributed by atoms with van der Waals surface area (Å²) >= 11 is 0. The molecule has 0 unspecified atom stereocenters. The second-order valence-corrected chi connectivity index (χ2v) is 8.53. The first-order valence-corrected chi connectivity index (χ1v) is 10.2. The summed E-state index contributed by atoms with van der Waals surface area (Å²) in [7, 11) is 0. The molecule has 0 bridgehead atoms. The van der Waals surface area contributed by atoms with Crippen LogP contribution in [0.15, 0.2) is 40.7 Å². The van der Waals surface area contributed by atoms with Crippen LogP contribution in [0.4, 0.5) is 4.79 Å². The average Bonchev–Trinajstić information content (AvgIpc) is 2.60. The molecular weight excluding hydrogens is 350 g/mol. The van der Waals surface area contributed by atoms with Gasteiger partial charge in [-0.2, -0.15) is 0 Å². The quantitative estimate of drug-likeness (QED) is 0.457. The number of carbonyl (C=O) groups excluding carboxylic acids is 1. The molecule has 0 aromatic heterocycles. The van der Waals surface area contributed by atoms with Gasteiger partial charge >= 0.3 is 6.09 Å². The summed E-state index contributed by atoms with van der Waals surface area (Å²) in [6, 6.07) is 0.250. The van der Waals surface area contributed by atoms with Gasteiger partial charge in [-0.05, 0) is 67.4 Å². The van der Waals surface area contributed by atoms with Crippen LogP contribution in [-0.4, -0.2) is 52.4 Å². The van der Waals surface area contributed by atoms with Gasteiger partial charge in [-0.25, -0.2) is 4.79 Å². The number of hydrogen-bond acceptors (Lipinski definition) is 4. The van der Waals surface area contributed by atoms with E-state index in [1.165, 1.54) is 16.8 Å². The Labute approximate surface area is 171 Å². The Morgan fingerprint density at radius 3 is 2.18 bits per heavy atom. The van der Waals surface area contributed by atoms with Crippen LogP contribution in [0.1, 0.15) is 68.7 Å². The van der Waals surface area contributed by atoms with Crippen LogP contribution < -0.4 is 0 Å². The van der Waals surface area contributed by atoms with E-state index in [1.54, 1.807) is 6.20 Å². The lowest BCUT2D eigenvalue weighted by molar-refractivity contribution is -0.00419. The van der Waals surface area contributed by atoms with E-state index >= 15 is 0 Å². The van der Waals surface area contributed by atoms with Crippen molar-refractivity contribution in [2.45, 2.75) is 86.4 Å². The summed E-state index contributed by atoms with van der Waals surface area (Å²) in [6.07, 6.45) is 4.34. The lowest BCUT2D eigenvalue weighted by atomic mass is 9.96. The van der Waals surface area contributed by atoms with Crippen molar-refractivity contribution >= 4 is 11.8 Å². The van der Waals surface area contributed by atoms with E-state index in [0.717, 1.165) is 18.7 Å². The number of piperazine rings is 1. The van der Waals surface area contributed by atoms with Gasteiger partial charge in [0.2, 0.25) is 0 Å². The molecule has 158 valence electrons. The first-order chi connectivity index (χ1) is 13.0. The zero-order chi connectivity index (χ0) is 21.6. The van der Waals surface area contributed by atoms with E-state index in [2.05, 4.69) is 64.1 Å². The maximum Gasteiger partial charge on any atom is 0.410 e. The first-order valence-electron chi connectivity index (χ1n) is 10.2. The Hall–Kier alpha value is -2.04. The molecule has 1 saturated heterocycles. The molecule has 0 radical (unpaired) electrons. The highest BCUT2D eigenvalue weighted by molar-refractivity contribution is 6.04. The van der Waals surface area contributed by atoms with Crippen LogP contribution in [-0.2, 0) is 4.74 Å². The molecule has 1 rings (SSSR count). The molecule has 0 saturated carbocycles. The van der Waals surface area contributed by atoms with Gasteiger partial charge in [-0.15, -0.1) is 0 Å². The maximum absolute atomic E-state index is 12.6. The van der Waals surface area contributed by atoms with Gasteiger partial charge in [0, 0.05) is 48.4 Å². The molecule has 0 aliphatic carbocycles. The molecule has 1 amide bonds. The van der Waals surface area contributed by atoms with Crippen molar-refractivity contribution in [2.75, 3.05) is 13.1 Å². The topological polar surface area (TPSA) is 45.1 Å². The standard InChI is InChI=1S/C23H39N3O2/c1-11-16(4)21(20(12-2)24-13-3)19(7)25-14-18(6)26(15-17(25)5)22(27)28-23(8,9)10/h11,13,17-18H,3,12,14-15H2,1-2,4-10H3/b16-11-,21-19+,24-20?/t17-,18+/m0/s1. The fourth-order valence-electron chi connectivity index (χ4n) is 3.62. The van der Waals surface area contributed by atoms with Gasteiger partial charge < -0.3 is 14.5 Å². The molecule has 2 atom stereocenters. The number of amides is 1. The molecule has 5 nitrogen and oxygen atoms in total. The Kier molecular flexibility index (Phi) is 8.52. The second kappa shape index (κ2) is 9.94. The van der Waals surface area contributed by atoms with Crippen molar-refractivity contribution in [3.8, 4) is 0 Å². The summed E-state index contributed by atoms with van der Waals surface area (Å²) in [5, 5.41) is 0. The van der Waals surface area contributed by atoms with Crippen LogP contribution in [0.3, 0.4) is 0 Å². The molecule has 28 heavy (non-hydrogen) atoms. The number of carbonyl (C=O) groups is 1. The third-order valence-corrected chi connectivity index (χ3v) is 5.10. The van der Waals surface area contributed by atoms with E-state index in [4.69, 9.17) is 4.74 Å². The molecule has 1 heterocycles. The zero-order valence-electron chi connectivity index (χ0n) is 19.3. The highest BCUT2D eigenvalue weighted by Gasteiger charge is 2.35. The van der Waals surface area contributed by atoms with Gasteiger partial charge in [-0.3, -0.25) is 4.99 Å². The van der Waals surface area contributed by atoms with Gasteiger partial charge in [-0.1, -0.05) is 19.6 Å². The summed E-state index contributed by atoms with van der Waals surface area (Å²) in [5.41, 5.74) is 4.13. The lowest BCUT2D eigenvalue weighted by Gasteiger charge is -2.46. The normalized spacial score (nSPS) is 22.8. The molecule has 5 heteroatoms. The van der Waals surface area contributed by atoms with E-state index in [0.29, 0.717) is 6.54 Å². The fraction of sp³-hybridized carbons (Fsp3) is 0.652. The van der Waals surface area contributed by atoms with Gasteiger partial charge in [0.15, 0.2) is 0 Å². The minimum Gasteiger partial charge on any atom is -0.444 e. The minimum absolute atomic E-state index is 0.0644.